The molecule has 0 bridgehead atoms. The smallest absolute Gasteiger partial charge is 0.0728 e. The molecule has 0 saturated carbocycles. The van der Waals surface area contributed by atoms with Gasteiger partial charge < -0.3 is 9.64 Å². The van der Waals surface area contributed by atoms with E-state index in [2.05, 4.69) is 46.7 Å². The average molecular weight is 173 g/mol. The van der Waals surface area contributed by atoms with Crippen molar-refractivity contribution in [2.75, 3.05) is 14.1 Å². The monoisotopic (exact) mass is 173 g/mol. The summed E-state index contributed by atoms with van der Waals surface area (Å²) >= 11 is 0. The van der Waals surface area contributed by atoms with E-state index in [1.165, 1.54) is 0 Å². The lowest BCUT2D eigenvalue weighted by atomic mass is 10.1. The lowest BCUT2D eigenvalue weighted by molar-refractivity contribution is -0.0324. The Morgan fingerprint density at radius 2 is 1.67 bits per heavy atom. The molecule has 0 radical (unpaired) electrons. The first-order valence-electron chi connectivity index (χ1n) is 4.80. The van der Waals surface area contributed by atoms with Crippen molar-refractivity contribution in [2.24, 2.45) is 0 Å². The first kappa shape index (κ1) is 11.9. The van der Waals surface area contributed by atoms with E-state index in [0.717, 1.165) is 6.42 Å². The van der Waals surface area contributed by atoms with Crippen LogP contribution >= 0.6 is 0 Å². The van der Waals surface area contributed by atoms with Gasteiger partial charge in [-0.05, 0) is 41.3 Å². The molecule has 0 aliphatic rings. The quantitative estimate of drug-likeness (QED) is 0.631. The second-order valence-electron chi connectivity index (χ2n) is 3.84. The van der Waals surface area contributed by atoms with E-state index in [9.17, 15) is 0 Å². The molecule has 0 fully saturated rings. The third-order valence-corrected chi connectivity index (χ3v) is 2.20. The minimum Gasteiger partial charge on any atom is -0.374 e. The summed E-state index contributed by atoms with van der Waals surface area (Å²) in [5.41, 5.74) is 0. The fraction of sp³-hybridized carbons (Fsp3) is 1.00. The van der Waals surface area contributed by atoms with Gasteiger partial charge in [0.25, 0.3) is 0 Å². The summed E-state index contributed by atoms with van der Waals surface area (Å²) in [5.74, 6) is 0. The van der Waals surface area contributed by atoms with Gasteiger partial charge in [0, 0.05) is 6.04 Å². The molecule has 0 aromatic heterocycles. The summed E-state index contributed by atoms with van der Waals surface area (Å²) in [6.07, 6.45) is 1.77. The molecule has 0 aliphatic carbocycles. The zero-order chi connectivity index (χ0) is 9.72. The van der Waals surface area contributed by atoms with Crippen LogP contribution < -0.4 is 0 Å². The van der Waals surface area contributed by atoms with Crippen LogP contribution in [0.4, 0.5) is 0 Å². The molecule has 2 nitrogen and oxygen atoms in total. The van der Waals surface area contributed by atoms with Crippen molar-refractivity contribution in [1.82, 2.24) is 4.90 Å². The highest BCUT2D eigenvalue weighted by atomic mass is 16.5. The molecule has 0 heterocycles. The SMILES string of the molecule is CCC(OC(C)C)C(C)N(C)C. The van der Waals surface area contributed by atoms with Crippen molar-refractivity contribution < 1.29 is 4.74 Å². The maximum absolute atomic E-state index is 5.78. The Kier molecular flexibility index (Phi) is 5.51. The number of hydrogen-bond acceptors (Lipinski definition) is 2. The molecular formula is C10H23NO. The van der Waals surface area contributed by atoms with Crippen LogP contribution in [-0.2, 0) is 4.74 Å². The third kappa shape index (κ3) is 4.07. The minimum absolute atomic E-state index is 0.331. The summed E-state index contributed by atoms with van der Waals surface area (Å²) in [6.45, 7) is 8.56. The van der Waals surface area contributed by atoms with Crippen LogP contribution in [0, 0.1) is 0 Å². The minimum atomic E-state index is 0.331. The van der Waals surface area contributed by atoms with E-state index in [-0.39, 0.29) is 0 Å². The molecule has 2 heteroatoms. The van der Waals surface area contributed by atoms with Crippen molar-refractivity contribution in [3.05, 3.63) is 0 Å². The second kappa shape index (κ2) is 5.55. The van der Waals surface area contributed by atoms with Crippen LogP contribution in [0.1, 0.15) is 34.1 Å². The van der Waals surface area contributed by atoms with Crippen molar-refractivity contribution in [1.29, 1.82) is 0 Å². The van der Waals surface area contributed by atoms with Gasteiger partial charge in [0.2, 0.25) is 0 Å². The van der Waals surface area contributed by atoms with Crippen molar-refractivity contribution >= 4 is 0 Å². The van der Waals surface area contributed by atoms with Gasteiger partial charge in [0.1, 0.15) is 0 Å². The maximum Gasteiger partial charge on any atom is 0.0728 e. The number of rotatable bonds is 5. The van der Waals surface area contributed by atoms with Crippen molar-refractivity contribution in [3.8, 4) is 0 Å². The molecule has 0 saturated heterocycles. The standard InChI is InChI=1S/C10H23NO/c1-7-10(12-8(2)3)9(4)11(5)6/h8-10H,7H2,1-6H3. The van der Waals surface area contributed by atoms with E-state index >= 15 is 0 Å². The highest BCUT2D eigenvalue weighted by molar-refractivity contribution is 4.71. The topological polar surface area (TPSA) is 12.5 Å². The molecule has 2 atom stereocenters. The molecule has 74 valence electrons. The molecule has 2 unspecified atom stereocenters. The largest absolute Gasteiger partial charge is 0.374 e. The van der Waals surface area contributed by atoms with Crippen LogP contribution in [0.25, 0.3) is 0 Å². The van der Waals surface area contributed by atoms with Crippen LogP contribution in [-0.4, -0.2) is 37.2 Å². The summed E-state index contributed by atoms with van der Waals surface area (Å²) in [4.78, 5) is 2.20. The van der Waals surface area contributed by atoms with Gasteiger partial charge >= 0.3 is 0 Å². The van der Waals surface area contributed by atoms with E-state index in [0.29, 0.717) is 18.2 Å². The van der Waals surface area contributed by atoms with Gasteiger partial charge in [-0.25, -0.2) is 0 Å². The van der Waals surface area contributed by atoms with Crippen molar-refractivity contribution in [2.45, 2.75) is 52.4 Å². The van der Waals surface area contributed by atoms with Crippen LogP contribution in [0.15, 0.2) is 0 Å². The summed E-state index contributed by atoms with van der Waals surface area (Å²) in [7, 11) is 4.19. The molecule has 0 amide bonds. The van der Waals surface area contributed by atoms with Crippen LogP contribution in [0.5, 0.6) is 0 Å². The van der Waals surface area contributed by atoms with Crippen molar-refractivity contribution in [3.63, 3.8) is 0 Å². The molecular weight excluding hydrogens is 150 g/mol. The van der Waals surface area contributed by atoms with E-state index in [1.807, 2.05) is 0 Å². The Bertz CT molecular complexity index is 112. The van der Waals surface area contributed by atoms with Gasteiger partial charge in [-0.3, -0.25) is 0 Å². The zero-order valence-corrected chi connectivity index (χ0v) is 9.29. The Balaban J connectivity index is 3.96. The normalized spacial score (nSPS) is 17.0. The first-order valence-corrected chi connectivity index (χ1v) is 4.80. The molecule has 0 N–H and O–H groups in total. The van der Waals surface area contributed by atoms with E-state index in [1.54, 1.807) is 0 Å². The highest BCUT2D eigenvalue weighted by Gasteiger charge is 2.18. The van der Waals surface area contributed by atoms with E-state index in [4.69, 9.17) is 4.74 Å². The predicted octanol–water partition coefficient (Wildman–Crippen LogP) is 2.14. The third-order valence-electron chi connectivity index (χ3n) is 2.20. The zero-order valence-electron chi connectivity index (χ0n) is 9.29. The van der Waals surface area contributed by atoms with E-state index < -0.39 is 0 Å². The number of hydrogen-bond donors (Lipinski definition) is 0. The Labute approximate surface area is 76.9 Å². The van der Waals surface area contributed by atoms with Gasteiger partial charge in [0.15, 0.2) is 0 Å². The fourth-order valence-corrected chi connectivity index (χ4v) is 1.23. The average Bonchev–Trinajstić information content (AvgIpc) is 1.98. The van der Waals surface area contributed by atoms with Gasteiger partial charge in [-0.15, -0.1) is 0 Å². The summed E-state index contributed by atoms with van der Waals surface area (Å²) < 4.78 is 5.78. The Morgan fingerprint density at radius 1 is 1.17 bits per heavy atom. The van der Waals surface area contributed by atoms with Gasteiger partial charge in [-0.2, -0.15) is 0 Å². The van der Waals surface area contributed by atoms with Crippen LogP contribution in [0.3, 0.4) is 0 Å². The summed E-state index contributed by atoms with van der Waals surface area (Å²) in [5, 5.41) is 0. The second-order valence-corrected chi connectivity index (χ2v) is 3.84. The highest BCUT2D eigenvalue weighted by Crippen LogP contribution is 2.10. The molecule has 0 aromatic rings. The first-order chi connectivity index (χ1) is 5.49. The van der Waals surface area contributed by atoms with Crippen LogP contribution in [0.2, 0.25) is 0 Å². The Morgan fingerprint density at radius 3 is 1.92 bits per heavy atom. The molecule has 0 spiro atoms. The lowest BCUT2D eigenvalue weighted by Gasteiger charge is -2.29. The molecule has 0 aliphatic heterocycles. The number of ether oxygens (including phenoxy) is 1. The predicted molar refractivity (Wildman–Crippen MR) is 53.4 cm³/mol. The maximum atomic E-state index is 5.78. The number of nitrogens with zero attached hydrogens (tertiary/aromatic N) is 1. The lowest BCUT2D eigenvalue weighted by Crippen LogP contribution is -2.39. The van der Waals surface area contributed by atoms with Gasteiger partial charge in [0.05, 0.1) is 12.2 Å². The fourth-order valence-electron chi connectivity index (χ4n) is 1.23. The molecule has 0 aromatic carbocycles. The summed E-state index contributed by atoms with van der Waals surface area (Å²) in [6, 6.07) is 0.498. The number of likely N-dealkylation sites (N-methyl/N-ethyl adjacent to an activating group) is 1. The molecule has 12 heavy (non-hydrogen) atoms. The van der Waals surface area contributed by atoms with Gasteiger partial charge in [-0.1, -0.05) is 6.92 Å². The molecule has 0 rings (SSSR count). The Hall–Kier alpha value is -0.0800.